The van der Waals surface area contributed by atoms with Crippen molar-refractivity contribution < 1.29 is 17.9 Å². The highest BCUT2D eigenvalue weighted by molar-refractivity contribution is 7.92. The molecule has 0 radical (unpaired) electrons. The Morgan fingerprint density at radius 2 is 1.68 bits per heavy atom. The molecule has 4 aromatic rings. The van der Waals surface area contributed by atoms with Crippen LogP contribution in [0.5, 0.6) is 5.75 Å². The van der Waals surface area contributed by atoms with E-state index in [0.29, 0.717) is 22.9 Å². The number of anilines is 2. The predicted molar refractivity (Wildman–Crippen MR) is 139 cm³/mol. The van der Waals surface area contributed by atoms with Gasteiger partial charge in [-0.3, -0.25) is 9.10 Å². The SMILES string of the molecule is CCOc1ccc(NC(=O)c2cc3cc(N(CC)S(=O)(=O)c4ccc(C)cc4)ccc3s2)cc1. The maximum atomic E-state index is 13.2. The fraction of sp³-hybridized carbons (Fsp3) is 0.192. The molecule has 4 rings (SSSR count). The first-order chi connectivity index (χ1) is 16.3. The van der Waals surface area contributed by atoms with Crippen molar-refractivity contribution in [2.75, 3.05) is 22.8 Å². The van der Waals surface area contributed by atoms with Crippen molar-refractivity contribution in [3.05, 3.63) is 83.2 Å². The molecule has 0 saturated carbocycles. The summed E-state index contributed by atoms with van der Waals surface area (Å²) < 4.78 is 34.2. The van der Waals surface area contributed by atoms with Crippen LogP contribution >= 0.6 is 11.3 Å². The largest absolute Gasteiger partial charge is 0.494 e. The van der Waals surface area contributed by atoms with E-state index in [-0.39, 0.29) is 17.3 Å². The molecule has 0 atom stereocenters. The van der Waals surface area contributed by atoms with E-state index in [1.807, 2.05) is 38.1 Å². The lowest BCUT2D eigenvalue weighted by Crippen LogP contribution is -2.30. The van der Waals surface area contributed by atoms with Crippen LogP contribution < -0.4 is 14.4 Å². The standard InChI is InChI=1S/C26H26N2O4S2/c1-4-28(34(30,31)23-13-6-18(3)7-14-23)21-10-15-24-19(16-21)17-25(33-24)26(29)27-20-8-11-22(12-9-20)32-5-2/h6-17H,4-5H2,1-3H3,(H,27,29). The molecule has 8 heteroatoms. The van der Waals surface area contributed by atoms with E-state index in [1.54, 1.807) is 55.5 Å². The van der Waals surface area contributed by atoms with E-state index >= 15 is 0 Å². The van der Waals surface area contributed by atoms with Crippen molar-refractivity contribution in [1.82, 2.24) is 0 Å². The molecule has 1 N–H and O–H groups in total. The van der Waals surface area contributed by atoms with Gasteiger partial charge in [-0.1, -0.05) is 17.7 Å². The average Bonchev–Trinajstić information content (AvgIpc) is 3.25. The van der Waals surface area contributed by atoms with Gasteiger partial charge in [-0.05, 0) is 86.8 Å². The third-order valence-corrected chi connectivity index (χ3v) is 8.36. The number of amides is 1. The minimum atomic E-state index is -3.70. The molecule has 0 fully saturated rings. The van der Waals surface area contributed by atoms with Gasteiger partial charge in [-0.2, -0.15) is 0 Å². The second kappa shape index (κ2) is 9.87. The average molecular weight is 495 g/mol. The Morgan fingerprint density at radius 1 is 0.971 bits per heavy atom. The van der Waals surface area contributed by atoms with E-state index in [2.05, 4.69) is 5.32 Å². The topological polar surface area (TPSA) is 75.7 Å². The van der Waals surface area contributed by atoms with Crippen LogP contribution in [0.1, 0.15) is 29.1 Å². The molecule has 0 unspecified atom stereocenters. The molecule has 0 aliphatic rings. The minimum absolute atomic E-state index is 0.216. The summed E-state index contributed by atoms with van der Waals surface area (Å²) in [5.41, 5.74) is 2.23. The molecule has 1 aromatic heterocycles. The van der Waals surface area contributed by atoms with Gasteiger partial charge in [0.2, 0.25) is 0 Å². The zero-order valence-corrected chi connectivity index (χ0v) is 20.9. The lowest BCUT2D eigenvalue weighted by atomic mass is 10.2. The van der Waals surface area contributed by atoms with Gasteiger partial charge in [0, 0.05) is 16.9 Å². The van der Waals surface area contributed by atoms with Crippen molar-refractivity contribution in [3.63, 3.8) is 0 Å². The second-order valence-corrected chi connectivity index (χ2v) is 10.7. The molecule has 0 saturated heterocycles. The van der Waals surface area contributed by atoms with Crippen LogP contribution in [0.3, 0.4) is 0 Å². The van der Waals surface area contributed by atoms with Crippen LogP contribution in [0.4, 0.5) is 11.4 Å². The number of thiophene rings is 1. The van der Waals surface area contributed by atoms with Gasteiger partial charge in [-0.25, -0.2) is 8.42 Å². The lowest BCUT2D eigenvalue weighted by Gasteiger charge is -2.23. The summed E-state index contributed by atoms with van der Waals surface area (Å²) in [6.45, 7) is 6.51. The monoisotopic (exact) mass is 494 g/mol. The third kappa shape index (κ3) is 4.93. The minimum Gasteiger partial charge on any atom is -0.494 e. The first kappa shape index (κ1) is 23.8. The maximum Gasteiger partial charge on any atom is 0.265 e. The zero-order valence-electron chi connectivity index (χ0n) is 19.2. The van der Waals surface area contributed by atoms with Gasteiger partial charge < -0.3 is 10.1 Å². The fourth-order valence-electron chi connectivity index (χ4n) is 3.62. The van der Waals surface area contributed by atoms with Gasteiger partial charge >= 0.3 is 0 Å². The lowest BCUT2D eigenvalue weighted by molar-refractivity contribution is 0.103. The van der Waals surface area contributed by atoms with Crippen LogP contribution in [-0.4, -0.2) is 27.5 Å². The van der Waals surface area contributed by atoms with Crippen LogP contribution in [-0.2, 0) is 10.0 Å². The van der Waals surface area contributed by atoms with Crippen LogP contribution in [0.25, 0.3) is 10.1 Å². The van der Waals surface area contributed by atoms with E-state index in [0.717, 1.165) is 21.4 Å². The van der Waals surface area contributed by atoms with Gasteiger partial charge in [-0.15, -0.1) is 11.3 Å². The number of hydrogen-bond acceptors (Lipinski definition) is 5. The zero-order chi connectivity index (χ0) is 24.3. The number of nitrogens with zero attached hydrogens (tertiary/aromatic N) is 1. The molecule has 1 heterocycles. The number of aryl methyl sites for hydroxylation is 1. The number of benzene rings is 3. The molecule has 34 heavy (non-hydrogen) atoms. The Bertz CT molecular complexity index is 1410. The Balaban J connectivity index is 1.58. The summed E-state index contributed by atoms with van der Waals surface area (Å²) in [5.74, 6) is 0.530. The van der Waals surface area contributed by atoms with Crippen LogP contribution in [0.15, 0.2) is 77.7 Å². The molecule has 3 aromatic carbocycles. The van der Waals surface area contributed by atoms with E-state index in [1.165, 1.54) is 15.6 Å². The molecular formula is C26H26N2O4S2. The summed E-state index contributed by atoms with van der Waals surface area (Å²) >= 11 is 1.36. The highest BCUT2D eigenvalue weighted by Gasteiger charge is 2.24. The molecule has 1 amide bonds. The number of nitrogens with one attached hydrogen (secondary N) is 1. The van der Waals surface area contributed by atoms with E-state index in [4.69, 9.17) is 4.74 Å². The van der Waals surface area contributed by atoms with Crippen molar-refractivity contribution in [2.24, 2.45) is 0 Å². The smallest absolute Gasteiger partial charge is 0.265 e. The summed E-state index contributed by atoms with van der Waals surface area (Å²) in [4.78, 5) is 13.6. The highest BCUT2D eigenvalue weighted by Crippen LogP contribution is 2.32. The number of carbonyl (C=O) groups excluding carboxylic acids is 1. The van der Waals surface area contributed by atoms with Gasteiger partial charge in [0.15, 0.2) is 0 Å². The highest BCUT2D eigenvalue weighted by atomic mass is 32.2. The third-order valence-electron chi connectivity index (χ3n) is 5.33. The summed E-state index contributed by atoms with van der Waals surface area (Å²) in [6.07, 6.45) is 0. The van der Waals surface area contributed by atoms with Crippen molar-refractivity contribution in [1.29, 1.82) is 0 Å². The Labute approximate surface area is 203 Å². The van der Waals surface area contributed by atoms with Crippen molar-refractivity contribution in [2.45, 2.75) is 25.7 Å². The summed E-state index contributed by atoms with van der Waals surface area (Å²) in [6, 6.07) is 21.3. The molecule has 0 aliphatic heterocycles. The normalized spacial score (nSPS) is 11.4. The maximum absolute atomic E-state index is 13.2. The van der Waals surface area contributed by atoms with Crippen LogP contribution in [0.2, 0.25) is 0 Å². The molecule has 0 spiro atoms. The van der Waals surface area contributed by atoms with Crippen molar-refractivity contribution in [3.8, 4) is 5.75 Å². The van der Waals surface area contributed by atoms with Gasteiger partial charge in [0.1, 0.15) is 5.75 Å². The number of sulfonamides is 1. The molecule has 6 nitrogen and oxygen atoms in total. The number of fused-ring (bicyclic) bond motifs is 1. The second-order valence-electron chi connectivity index (χ2n) is 7.73. The predicted octanol–water partition coefficient (Wildman–Crippen LogP) is 6.08. The Hall–Kier alpha value is -3.36. The molecule has 0 bridgehead atoms. The Morgan fingerprint density at radius 3 is 2.32 bits per heavy atom. The first-order valence-corrected chi connectivity index (χ1v) is 13.2. The molecule has 0 aliphatic carbocycles. The van der Waals surface area contributed by atoms with Gasteiger partial charge in [0.25, 0.3) is 15.9 Å². The number of ether oxygens (including phenoxy) is 1. The number of carbonyl (C=O) groups is 1. The number of hydrogen-bond donors (Lipinski definition) is 1. The fourth-order valence-corrected chi connectivity index (χ4v) is 6.02. The van der Waals surface area contributed by atoms with E-state index < -0.39 is 10.0 Å². The first-order valence-electron chi connectivity index (χ1n) is 11.0. The quantitative estimate of drug-likeness (QED) is 0.322. The summed E-state index contributed by atoms with van der Waals surface area (Å²) in [7, 11) is -3.70. The Kier molecular flexibility index (Phi) is 6.90. The van der Waals surface area contributed by atoms with Crippen LogP contribution in [0, 0.1) is 6.92 Å². The summed E-state index contributed by atoms with van der Waals surface area (Å²) in [5, 5.41) is 3.71. The molecule has 176 valence electrons. The van der Waals surface area contributed by atoms with E-state index in [9.17, 15) is 13.2 Å². The van der Waals surface area contributed by atoms with Gasteiger partial charge in [0.05, 0.1) is 22.1 Å². The number of rotatable bonds is 8. The molecular weight excluding hydrogens is 468 g/mol. The van der Waals surface area contributed by atoms with Crippen molar-refractivity contribution >= 4 is 48.7 Å².